The lowest BCUT2D eigenvalue weighted by Crippen LogP contribution is -2.34. The number of fused-ring (bicyclic) bond motifs is 3. The number of aromatic hydroxyl groups is 2. The SMILES string of the molecule is C[C@H]1C/C=C\C(=O)[C@@H](O)[C@H](O)C[C@@H]2O[C@@H]2c2cc(O)cc(O)c2C(=O)O1. The van der Waals surface area contributed by atoms with Gasteiger partial charge in [0.2, 0.25) is 0 Å². The molecule has 4 N–H and O–H groups in total. The molecule has 140 valence electrons. The van der Waals surface area contributed by atoms with Crippen LogP contribution in [0.3, 0.4) is 0 Å². The van der Waals surface area contributed by atoms with Crippen LogP contribution < -0.4 is 0 Å². The molecular formula is C18H20O8. The number of benzene rings is 1. The fourth-order valence-electron chi connectivity index (χ4n) is 3.00. The van der Waals surface area contributed by atoms with Crippen LogP contribution in [-0.2, 0) is 14.3 Å². The van der Waals surface area contributed by atoms with Crippen LogP contribution in [0.2, 0.25) is 0 Å². The summed E-state index contributed by atoms with van der Waals surface area (Å²) >= 11 is 0. The molecule has 0 radical (unpaired) electrons. The maximum atomic E-state index is 12.5. The summed E-state index contributed by atoms with van der Waals surface area (Å²) < 4.78 is 10.7. The summed E-state index contributed by atoms with van der Waals surface area (Å²) in [6, 6.07) is 2.31. The number of phenolic OH excluding ortho intramolecular Hbond substituents is 2. The van der Waals surface area contributed by atoms with E-state index in [4.69, 9.17) is 9.47 Å². The Morgan fingerprint density at radius 1 is 1.15 bits per heavy atom. The molecule has 5 atom stereocenters. The lowest BCUT2D eigenvalue weighted by molar-refractivity contribution is -0.128. The van der Waals surface area contributed by atoms with Crippen molar-refractivity contribution in [1.82, 2.24) is 0 Å². The predicted molar refractivity (Wildman–Crippen MR) is 87.7 cm³/mol. The lowest BCUT2D eigenvalue weighted by Gasteiger charge is -2.17. The zero-order valence-electron chi connectivity index (χ0n) is 14.0. The smallest absolute Gasteiger partial charge is 0.342 e. The molecule has 8 nitrogen and oxygen atoms in total. The quantitative estimate of drug-likeness (QED) is 0.390. The van der Waals surface area contributed by atoms with Crippen molar-refractivity contribution in [1.29, 1.82) is 0 Å². The van der Waals surface area contributed by atoms with Gasteiger partial charge in [-0.3, -0.25) is 4.79 Å². The van der Waals surface area contributed by atoms with Gasteiger partial charge in [-0.25, -0.2) is 4.79 Å². The first kappa shape index (κ1) is 18.4. The molecule has 8 heteroatoms. The van der Waals surface area contributed by atoms with Gasteiger partial charge in [0, 0.05) is 24.5 Å². The largest absolute Gasteiger partial charge is 0.508 e. The number of ketones is 1. The lowest BCUT2D eigenvalue weighted by atomic mass is 9.97. The first-order valence-corrected chi connectivity index (χ1v) is 8.26. The van der Waals surface area contributed by atoms with E-state index >= 15 is 0 Å². The average Bonchev–Trinajstić information content (AvgIpc) is 3.31. The molecule has 1 aromatic rings. The van der Waals surface area contributed by atoms with Crippen LogP contribution in [0.1, 0.15) is 41.8 Å². The molecule has 1 fully saturated rings. The molecule has 2 heterocycles. The topological polar surface area (TPSA) is 137 Å². The van der Waals surface area contributed by atoms with Gasteiger partial charge in [-0.15, -0.1) is 0 Å². The first-order chi connectivity index (χ1) is 12.3. The van der Waals surface area contributed by atoms with E-state index in [0.717, 1.165) is 12.1 Å². The van der Waals surface area contributed by atoms with Crippen molar-refractivity contribution >= 4 is 11.8 Å². The highest BCUT2D eigenvalue weighted by Crippen LogP contribution is 2.46. The molecule has 0 bridgehead atoms. The van der Waals surface area contributed by atoms with E-state index in [1.807, 2.05) is 0 Å². The molecule has 1 saturated heterocycles. The molecule has 0 aliphatic carbocycles. The zero-order chi connectivity index (χ0) is 19.0. The molecule has 0 aromatic heterocycles. The van der Waals surface area contributed by atoms with Crippen molar-refractivity contribution in [3.05, 3.63) is 35.4 Å². The summed E-state index contributed by atoms with van der Waals surface area (Å²) in [6.07, 6.45) is -2.06. The van der Waals surface area contributed by atoms with Crippen molar-refractivity contribution in [2.24, 2.45) is 0 Å². The third-order valence-corrected chi connectivity index (χ3v) is 4.41. The number of hydrogen-bond donors (Lipinski definition) is 4. The Bertz CT molecular complexity index is 756. The second-order valence-electron chi connectivity index (χ2n) is 6.53. The second kappa shape index (κ2) is 7.06. The molecule has 2 aliphatic heterocycles. The molecule has 2 aliphatic rings. The number of aliphatic hydroxyl groups is 2. The van der Waals surface area contributed by atoms with Crippen LogP contribution in [0.5, 0.6) is 11.5 Å². The van der Waals surface area contributed by atoms with Gasteiger partial charge in [-0.05, 0) is 19.1 Å². The summed E-state index contributed by atoms with van der Waals surface area (Å²) in [5.41, 5.74) is 0.111. The minimum Gasteiger partial charge on any atom is -0.508 e. The van der Waals surface area contributed by atoms with Crippen molar-refractivity contribution in [3.8, 4) is 11.5 Å². The van der Waals surface area contributed by atoms with Crippen molar-refractivity contribution in [2.45, 2.75) is 50.3 Å². The minimum atomic E-state index is -1.59. The summed E-state index contributed by atoms with van der Waals surface area (Å²) in [5, 5.41) is 39.8. The van der Waals surface area contributed by atoms with E-state index in [2.05, 4.69) is 0 Å². The summed E-state index contributed by atoms with van der Waals surface area (Å²) in [4.78, 5) is 24.3. The number of phenols is 2. The summed E-state index contributed by atoms with van der Waals surface area (Å²) in [5.74, 6) is -2.13. The Balaban J connectivity index is 1.97. The van der Waals surface area contributed by atoms with Crippen LogP contribution in [0.15, 0.2) is 24.3 Å². The van der Waals surface area contributed by atoms with Gasteiger partial charge in [-0.1, -0.05) is 6.08 Å². The number of rotatable bonds is 0. The number of carbonyl (C=O) groups is 2. The number of esters is 1. The first-order valence-electron chi connectivity index (χ1n) is 8.26. The Kier molecular flexibility index (Phi) is 4.99. The molecule has 1 aromatic carbocycles. The van der Waals surface area contributed by atoms with E-state index in [-0.39, 0.29) is 29.7 Å². The van der Waals surface area contributed by atoms with E-state index in [1.165, 1.54) is 12.1 Å². The molecule has 0 saturated carbocycles. The van der Waals surface area contributed by atoms with Crippen molar-refractivity contribution in [3.63, 3.8) is 0 Å². The Labute approximate surface area is 149 Å². The number of epoxide rings is 1. The van der Waals surface area contributed by atoms with Crippen LogP contribution in [0.25, 0.3) is 0 Å². The van der Waals surface area contributed by atoms with Gasteiger partial charge in [0.05, 0.1) is 12.2 Å². The number of ether oxygens (including phenoxy) is 2. The average molecular weight is 364 g/mol. The zero-order valence-corrected chi connectivity index (χ0v) is 14.0. The van der Waals surface area contributed by atoms with Crippen LogP contribution in [0, 0.1) is 0 Å². The maximum absolute atomic E-state index is 12.5. The predicted octanol–water partition coefficient (Wildman–Crippen LogP) is 0.724. The van der Waals surface area contributed by atoms with E-state index < -0.39 is 48.0 Å². The van der Waals surface area contributed by atoms with Crippen LogP contribution in [0.4, 0.5) is 0 Å². The van der Waals surface area contributed by atoms with Crippen molar-refractivity contribution in [2.75, 3.05) is 0 Å². The molecule has 3 rings (SSSR count). The fourth-order valence-corrected chi connectivity index (χ4v) is 3.00. The van der Waals surface area contributed by atoms with E-state index in [0.29, 0.717) is 0 Å². The van der Waals surface area contributed by atoms with Crippen molar-refractivity contribution < 1.29 is 39.5 Å². The van der Waals surface area contributed by atoms with Gasteiger partial charge in [0.1, 0.15) is 35.4 Å². The molecule has 0 unspecified atom stereocenters. The third kappa shape index (κ3) is 3.72. The Hall–Kier alpha value is -2.42. The second-order valence-corrected chi connectivity index (χ2v) is 6.53. The normalized spacial score (nSPS) is 33.4. The van der Waals surface area contributed by atoms with Gasteiger partial charge < -0.3 is 29.9 Å². The summed E-state index contributed by atoms with van der Waals surface area (Å²) in [6.45, 7) is 1.61. The Morgan fingerprint density at radius 3 is 2.62 bits per heavy atom. The maximum Gasteiger partial charge on any atom is 0.342 e. The third-order valence-electron chi connectivity index (χ3n) is 4.41. The number of cyclic esters (lactones) is 1. The Morgan fingerprint density at radius 2 is 1.88 bits per heavy atom. The molecule has 26 heavy (non-hydrogen) atoms. The molecule has 0 spiro atoms. The minimum absolute atomic E-state index is 0.0489. The number of carbonyl (C=O) groups excluding carboxylic acids is 2. The van der Waals surface area contributed by atoms with E-state index in [1.54, 1.807) is 6.92 Å². The van der Waals surface area contributed by atoms with Gasteiger partial charge >= 0.3 is 5.97 Å². The van der Waals surface area contributed by atoms with Gasteiger partial charge in [0.15, 0.2) is 5.78 Å². The van der Waals surface area contributed by atoms with Gasteiger partial charge in [-0.2, -0.15) is 0 Å². The number of aliphatic hydroxyl groups excluding tert-OH is 2. The molecular weight excluding hydrogens is 344 g/mol. The highest BCUT2D eigenvalue weighted by molar-refractivity contribution is 5.95. The fraction of sp³-hybridized carbons (Fsp3) is 0.444. The van der Waals surface area contributed by atoms with Crippen LogP contribution in [-0.4, -0.2) is 56.6 Å². The monoisotopic (exact) mass is 364 g/mol. The van der Waals surface area contributed by atoms with Gasteiger partial charge in [0.25, 0.3) is 0 Å². The summed E-state index contributed by atoms with van der Waals surface area (Å²) in [7, 11) is 0. The molecule has 0 amide bonds. The number of hydrogen-bond acceptors (Lipinski definition) is 8. The van der Waals surface area contributed by atoms with Crippen LogP contribution >= 0.6 is 0 Å². The highest BCUT2D eigenvalue weighted by atomic mass is 16.6. The van der Waals surface area contributed by atoms with E-state index in [9.17, 15) is 30.0 Å². The highest BCUT2D eigenvalue weighted by Gasteiger charge is 2.45. The standard InChI is InChI=1S/C18H20O8/c1-8-3-2-4-11(20)16(23)13(22)7-14-17(26-14)10-5-9(19)6-12(21)15(10)18(24)25-8/h2,4-6,8,13-14,16-17,19,21-23H,3,7H2,1H3/b4-2-/t8-,13+,14-,16+,17+/m0/s1.